The summed E-state index contributed by atoms with van der Waals surface area (Å²) in [6.45, 7) is 0. The van der Waals surface area contributed by atoms with E-state index in [1.165, 1.54) is 204 Å². The lowest BCUT2D eigenvalue weighted by molar-refractivity contribution is 0.869. The Morgan fingerprint density at radius 2 is 0.648 bits per heavy atom. The van der Waals surface area contributed by atoms with Gasteiger partial charge in [0.1, 0.15) is 0 Å². The van der Waals surface area contributed by atoms with E-state index < -0.39 is 0 Å². The van der Waals surface area contributed by atoms with Crippen LogP contribution >= 0.6 is 0 Å². The molecule has 0 amide bonds. The van der Waals surface area contributed by atoms with Gasteiger partial charge in [0.15, 0.2) is 0 Å². The van der Waals surface area contributed by atoms with Crippen LogP contribution in [0.25, 0.3) is 188 Å². The number of hydrogen-bond donors (Lipinski definition) is 0. The third kappa shape index (κ3) is 6.53. The molecule has 20 rings (SSSR count). The molecule has 0 radical (unpaired) electrons. The molecule has 1 unspecified atom stereocenters. The zero-order valence-corrected chi connectivity index (χ0v) is 48.1. The molecule has 0 saturated carbocycles. The first-order valence-electron chi connectivity index (χ1n) is 31.1. The monoisotopic (exact) mass is 1110 g/mol. The van der Waals surface area contributed by atoms with Crippen molar-refractivity contribution < 1.29 is 0 Å². The van der Waals surface area contributed by atoms with Gasteiger partial charge in [-0.1, -0.05) is 285 Å². The molecule has 0 N–H and O–H groups in total. The topological polar surface area (TPSA) is 0 Å². The van der Waals surface area contributed by atoms with Crippen LogP contribution in [0.3, 0.4) is 0 Å². The first kappa shape index (κ1) is 48.1. The summed E-state index contributed by atoms with van der Waals surface area (Å²) in [5, 5.41) is 13.5. The standard InChI is InChI=1S/C88H52/c1-6-20-51(21-7-1)57-30-16-17-31-60(57)61-38-39-70-76-50-78-77(49-75(76)64-35-19-34-63(61)82(64)70)80(54-26-12-4-13-27-54)87-72-46-44-68-66-41-40-65-62-37-36-56(79-58(52-22-8-2-9-23-52)32-18-33-59(79)53-24-10-3-11-25-53)48-74(62)71-43-42-67(84(66)83(65)71)69-45-47-73(86(72)85(68)69)88(87)81(78)55-28-14-5-15-29-55/h1-48,50,75H,49H2. The van der Waals surface area contributed by atoms with Crippen LogP contribution < -0.4 is 0 Å². The van der Waals surface area contributed by atoms with Crippen molar-refractivity contribution in [3.63, 3.8) is 0 Å². The van der Waals surface area contributed by atoms with Crippen molar-refractivity contribution in [3.8, 4) is 122 Å². The lowest BCUT2D eigenvalue weighted by atomic mass is 9.73. The molecule has 0 fully saturated rings. The molecule has 0 bridgehead atoms. The normalized spacial score (nSPS) is 13.8. The molecular weight excluding hydrogens is 1060 g/mol. The van der Waals surface area contributed by atoms with Crippen molar-refractivity contribution in [2.45, 2.75) is 12.3 Å². The highest BCUT2D eigenvalue weighted by Gasteiger charge is 2.40. The molecule has 0 spiro atoms. The second kappa shape index (κ2) is 18.2. The molecule has 4 aliphatic rings. The van der Waals surface area contributed by atoms with Crippen LogP contribution in [0.15, 0.2) is 291 Å². The minimum Gasteiger partial charge on any atom is -0.0622 e. The summed E-state index contributed by atoms with van der Waals surface area (Å²) in [6.07, 6.45) is 3.54. The molecule has 16 aromatic rings. The summed E-state index contributed by atoms with van der Waals surface area (Å²) < 4.78 is 0. The third-order valence-corrected chi connectivity index (χ3v) is 20.5. The quantitative estimate of drug-likeness (QED) is 0.110. The second-order valence-corrected chi connectivity index (χ2v) is 24.7. The van der Waals surface area contributed by atoms with Crippen molar-refractivity contribution >= 4 is 65.5 Å². The van der Waals surface area contributed by atoms with Crippen LogP contribution in [0.5, 0.6) is 0 Å². The van der Waals surface area contributed by atoms with Crippen molar-refractivity contribution in [3.05, 3.63) is 313 Å². The average molecular weight is 1110 g/mol. The SMILES string of the molecule is C1=C2c3ccc(-c4ccccc4-c4ccccc4)c4cccc(c34)C2Cc2c1c(-c1ccccc1)c1c(c2-c2ccccc2)-c2ccc3c4ccc5c6c(ccc(c7ccc-1c2c73)c64)-c1cc(-c2c(-c3ccccc3)cccc2-c2ccccc2)ccc1-5. The fourth-order valence-electron chi connectivity index (χ4n) is 17.0. The predicted octanol–water partition coefficient (Wildman–Crippen LogP) is 24.0. The van der Waals surface area contributed by atoms with E-state index in [1.807, 2.05) is 0 Å². The van der Waals surface area contributed by atoms with Crippen LogP contribution in [-0.4, -0.2) is 0 Å². The first-order chi connectivity index (χ1) is 43.7. The molecule has 0 saturated heterocycles. The summed E-state index contributed by atoms with van der Waals surface area (Å²) in [6, 6.07) is 110. The Morgan fingerprint density at radius 1 is 0.216 bits per heavy atom. The number of allylic oxidation sites excluding steroid dienone is 1. The fourth-order valence-corrected chi connectivity index (χ4v) is 17.0. The smallest absolute Gasteiger partial charge is 0.0143 e. The molecule has 16 aromatic carbocycles. The Kier molecular flexibility index (Phi) is 9.93. The van der Waals surface area contributed by atoms with Gasteiger partial charge in [0.05, 0.1) is 0 Å². The number of hydrogen-bond acceptors (Lipinski definition) is 0. The zero-order valence-electron chi connectivity index (χ0n) is 48.1. The second-order valence-electron chi connectivity index (χ2n) is 24.7. The maximum absolute atomic E-state index is 2.63. The molecule has 0 heteroatoms. The van der Waals surface area contributed by atoms with Crippen molar-refractivity contribution in [2.24, 2.45) is 0 Å². The maximum Gasteiger partial charge on any atom is 0.0143 e. The Morgan fingerprint density at radius 3 is 1.25 bits per heavy atom. The van der Waals surface area contributed by atoms with Crippen molar-refractivity contribution in [1.29, 1.82) is 0 Å². The molecule has 404 valence electrons. The van der Waals surface area contributed by atoms with E-state index >= 15 is 0 Å². The van der Waals surface area contributed by atoms with Gasteiger partial charge in [-0.15, -0.1) is 0 Å². The number of fused-ring (bicyclic) bond motifs is 12. The number of rotatable bonds is 7. The van der Waals surface area contributed by atoms with Gasteiger partial charge in [-0.3, -0.25) is 0 Å². The fraction of sp³-hybridized carbons (Fsp3) is 0.0227. The number of benzene rings is 16. The van der Waals surface area contributed by atoms with Gasteiger partial charge >= 0.3 is 0 Å². The molecule has 0 aliphatic heterocycles. The average Bonchev–Trinajstić information content (AvgIpc) is 1.50. The third-order valence-electron chi connectivity index (χ3n) is 20.5. The van der Waals surface area contributed by atoms with Crippen LogP contribution in [0.2, 0.25) is 0 Å². The lowest BCUT2D eigenvalue weighted by Gasteiger charge is -2.30. The molecule has 88 heavy (non-hydrogen) atoms. The maximum atomic E-state index is 2.63. The highest BCUT2D eigenvalue weighted by Crippen LogP contribution is 2.64. The van der Waals surface area contributed by atoms with Crippen molar-refractivity contribution in [1.82, 2.24) is 0 Å². The molecule has 4 aliphatic carbocycles. The van der Waals surface area contributed by atoms with Gasteiger partial charge in [0.25, 0.3) is 0 Å². The molecular formula is C88H52. The summed E-state index contributed by atoms with van der Waals surface area (Å²) in [7, 11) is 0. The minimum absolute atomic E-state index is 0.210. The zero-order chi connectivity index (χ0) is 57.3. The Labute approximate surface area is 510 Å². The Bertz CT molecular complexity index is 5630. The van der Waals surface area contributed by atoms with Crippen LogP contribution in [0.1, 0.15) is 28.2 Å². The van der Waals surface area contributed by atoms with E-state index in [2.05, 4.69) is 297 Å². The molecule has 0 aromatic heterocycles. The van der Waals surface area contributed by atoms with Crippen LogP contribution in [0, 0.1) is 0 Å². The van der Waals surface area contributed by atoms with Gasteiger partial charge in [-0.25, -0.2) is 0 Å². The van der Waals surface area contributed by atoms with Crippen LogP contribution in [-0.2, 0) is 6.42 Å². The molecule has 0 nitrogen and oxygen atoms in total. The lowest BCUT2D eigenvalue weighted by Crippen LogP contribution is -2.11. The summed E-state index contributed by atoms with van der Waals surface area (Å²) in [5.41, 5.74) is 35.3. The van der Waals surface area contributed by atoms with E-state index in [0.717, 1.165) is 6.42 Å². The summed E-state index contributed by atoms with van der Waals surface area (Å²) in [5.74, 6) is 0.210. The van der Waals surface area contributed by atoms with Gasteiger partial charge in [-0.05, 0) is 223 Å². The van der Waals surface area contributed by atoms with E-state index in [4.69, 9.17) is 0 Å². The van der Waals surface area contributed by atoms with Gasteiger partial charge in [0.2, 0.25) is 0 Å². The van der Waals surface area contributed by atoms with Gasteiger partial charge < -0.3 is 0 Å². The van der Waals surface area contributed by atoms with Gasteiger partial charge in [-0.2, -0.15) is 0 Å². The van der Waals surface area contributed by atoms with Gasteiger partial charge in [0, 0.05) is 5.92 Å². The minimum atomic E-state index is 0.210. The largest absolute Gasteiger partial charge is 0.0622 e. The molecule has 0 heterocycles. The van der Waals surface area contributed by atoms with E-state index in [0.29, 0.717) is 0 Å². The summed E-state index contributed by atoms with van der Waals surface area (Å²) >= 11 is 0. The predicted molar refractivity (Wildman–Crippen MR) is 373 cm³/mol. The molecule has 1 atom stereocenters. The van der Waals surface area contributed by atoms with Crippen LogP contribution in [0.4, 0.5) is 0 Å². The highest BCUT2D eigenvalue weighted by atomic mass is 14.4. The highest BCUT2D eigenvalue weighted by molar-refractivity contribution is 6.41. The Hall–Kier alpha value is -11.2. The first-order valence-corrected chi connectivity index (χ1v) is 31.1. The summed E-state index contributed by atoms with van der Waals surface area (Å²) in [4.78, 5) is 0. The van der Waals surface area contributed by atoms with Crippen molar-refractivity contribution in [2.75, 3.05) is 0 Å². The van der Waals surface area contributed by atoms with E-state index in [9.17, 15) is 0 Å². The van der Waals surface area contributed by atoms with E-state index in [1.54, 1.807) is 0 Å². The van der Waals surface area contributed by atoms with E-state index in [-0.39, 0.29) is 5.92 Å². The Balaban J connectivity index is 0.796.